The van der Waals surface area contributed by atoms with E-state index >= 15 is 0 Å². The highest BCUT2D eigenvalue weighted by atomic mass is 15.4. The minimum absolute atomic E-state index is 0.799. The van der Waals surface area contributed by atoms with E-state index < -0.39 is 0 Å². The molecule has 0 unspecified atom stereocenters. The number of aromatic nitrogens is 3. The van der Waals surface area contributed by atoms with Crippen molar-refractivity contribution >= 4 is 11.6 Å². The van der Waals surface area contributed by atoms with Crippen molar-refractivity contribution in [1.29, 1.82) is 0 Å². The van der Waals surface area contributed by atoms with Crippen molar-refractivity contribution in [3.63, 3.8) is 0 Å². The van der Waals surface area contributed by atoms with Crippen LogP contribution in [0.5, 0.6) is 0 Å². The third-order valence-electron chi connectivity index (χ3n) is 3.81. The predicted molar refractivity (Wildman–Crippen MR) is 76.5 cm³/mol. The van der Waals surface area contributed by atoms with Crippen LogP contribution in [0, 0.1) is 5.92 Å². The number of piperidine rings is 1. The van der Waals surface area contributed by atoms with E-state index in [0.29, 0.717) is 0 Å². The van der Waals surface area contributed by atoms with E-state index in [4.69, 9.17) is 0 Å². The van der Waals surface area contributed by atoms with Crippen molar-refractivity contribution in [2.24, 2.45) is 5.92 Å². The van der Waals surface area contributed by atoms with Crippen LogP contribution in [0.15, 0.2) is 24.4 Å². The van der Waals surface area contributed by atoms with E-state index in [9.17, 15) is 0 Å². The molecule has 1 aliphatic rings. The van der Waals surface area contributed by atoms with Crippen molar-refractivity contribution in [2.75, 3.05) is 31.1 Å². The first kappa shape index (κ1) is 12.4. The third kappa shape index (κ3) is 2.71. The lowest BCUT2D eigenvalue weighted by molar-refractivity contribution is 0.384. The summed E-state index contributed by atoms with van der Waals surface area (Å²) in [6.45, 7) is 6.49. The van der Waals surface area contributed by atoms with Gasteiger partial charge in [0.25, 0.3) is 0 Å². The molecule has 1 fully saturated rings. The molecule has 19 heavy (non-hydrogen) atoms. The Kier molecular flexibility index (Phi) is 3.64. The topological polar surface area (TPSA) is 45.5 Å². The Labute approximate surface area is 113 Å². The molecule has 3 heterocycles. The zero-order chi connectivity index (χ0) is 13.1. The van der Waals surface area contributed by atoms with Gasteiger partial charge in [-0.25, -0.2) is 4.52 Å². The molecule has 0 amide bonds. The molecule has 1 saturated heterocycles. The summed E-state index contributed by atoms with van der Waals surface area (Å²) in [6, 6.07) is 5.97. The molecule has 0 aliphatic carbocycles. The Morgan fingerprint density at radius 3 is 2.89 bits per heavy atom. The average molecular weight is 259 g/mol. The standard InChI is InChI=1S/C14H21N5/c1-2-15-11-12-6-9-18(10-7-12)14-16-13-5-3-4-8-19(13)17-14/h3-5,8,12,15H,2,6-7,9-11H2,1H3. The molecule has 3 rings (SSSR count). The summed E-state index contributed by atoms with van der Waals surface area (Å²) < 4.78 is 1.85. The monoisotopic (exact) mass is 259 g/mol. The van der Waals surface area contributed by atoms with E-state index in [0.717, 1.165) is 43.7 Å². The van der Waals surface area contributed by atoms with Crippen LogP contribution >= 0.6 is 0 Å². The summed E-state index contributed by atoms with van der Waals surface area (Å²) in [6.07, 6.45) is 4.40. The number of rotatable bonds is 4. The minimum atomic E-state index is 0.799. The van der Waals surface area contributed by atoms with Gasteiger partial charge in [-0.05, 0) is 44.0 Å². The van der Waals surface area contributed by atoms with E-state index in [-0.39, 0.29) is 0 Å². The maximum Gasteiger partial charge on any atom is 0.245 e. The van der Waals surface area contributed by atoms with Crippen LogP contribution in [0.4, 0.5) is 5.95 Å². The van der Waals surface area contributed by atoms with E-state index in [1.165, 1.54) is 12.8 Å². The fourth-order valence-electron chi connectivity index (χ4n) is 2.64. The van der Waals surface area contributed by atoms with Crippen LogP contribution in [-0.4, -0.2) is 40.8 Å². The molecule has 5 heteroatoms. The largest absolute Gasteiger partial charge is 0.339 e. The molecule has 0 aromatic carbocycles. The smallest absolute Gasteiger partial charge is 0.245 e. The fraction of sp³-hybridized carbons (Fsp3) is 0.571. The number of nitrogens with one attached hydrogen (secondary N) is 1. The van der Waals surface area contributed by atoms with Gasteiger partial charge in [0.2, 0.25) is 5.95 Å². The van der Waals surface area contributed by atoms with Crippen LogP contribution in [0.2, 0.25) is 0 Å². The van der Waals surface area contributed by atoms with Gasteiger partial charge in [-0.3, -0.25) is 0 Å². The first-order valence-electron chi connectivity index (χ1n) is 7.14. The molecular weight excluding hydrogens is 238 g/mol. The Bertz CT molecular complexity index is 494. The Balaban J connectivity index is 1.64. The molecule has 102 valence electrons. The van der Waals surface area contributed by atoms with E-state index in [1.807, 2.05) is 28.9 Å². The van der Waals surface area contributed by atoms with Crippen LogP contribution in [0.1, 0.15) is 19.8 Å². The number of fused-ring (bicyclic) bond motifs is 1. The summed E-state index contributed by atoms with van der Waals surface area (Å²) in [5, 5.41) is 7.98. The highest BCUT2D eigenvalue weighted by Gasteiger charge is 2.21. The van der Waals surface area contributed by atoms with Gasteiger partial charge >= 0.3 is 0 Å². The third-order valence-corrected chi connectivity index (χ3v) is 3.81. The van der Waals surface area contributed by atoms with Gasteiger partial charge in [0.15, 0.2) is 5.65 Å². The molecule has 0 atom stereocenters. The Hall–Kier alpha value is -1.62. The van der Waals surface area contributed by atoms with Crippen LogP contribution in [0.3, 0.4) is 0 Å². The highest BCUT2D eigenvalue weighted by molar-refractivity contribution is 5.44. The SMILES string of the molecule is CCNCC1CCN(c2nc3ccccn3n2)CC1. The van der Waals surface area contributed by atoms with Gasteiger partial charge in [0, 0.05) is 19.3 Å². The Morgan fingerprint density at radius 2 is 2.16 bits per heavy atom. The molecule has 1 N–H and O–H groups in total. The van der Waals surface area contributed by atoms with E-state index in [1.54, 1.807) is 0 Å². The zero-order valence-corrected chi connectivity index (χ0v) is 11.4. The zero-order valence-electron chi connectivity index (χ0n) is 11.4. The van der Waals surface area contributed by atoms with Gasteiger partial charge in [0.1, 0.15) is 0 Å². The van der Waals surface area contributed by atoms with Gasteiger partial charge in [-0.1, -0.05) is 13.0 Å². The number of anilines is 1. The quantitative estimate of drug-likeness (QED) is 0.905. The summed E-state index contributed by atoms with van der Waals surface area (Å²) in [7, 11) is 0. The lowest BCUT2D eigenvalue weighted by Crippen LogP contribution is -2.37. The van der Waals surface area contributed by atoms with Crippen molar-refractivity contribution in [3.8, 4) is 0 Å². The summed E-state index contributed by atoms with van der Waals surface area (Å²) >= 11 is 0. The lowest BCUT2D eigenvalue weighted by atomic mass is 9.97. The van der Waals surface area contributed by atoms with Crippen molar-refractivity contribution in [2.45, 2.75) is 19.8 Å². The van der Waals surface area contributed by atoms with Crippen molar-refractivity contribution < 1.29 is 0 Å². The molecule has 5 nitrogen and oxygen atoms in total. The second-order valence-electron chi connectivity index (χ2n) is 5.15. The second-order valence-corrected chi connectivity index (χ2v) is 5.15. The normalized spacial score (nSPS) is 17.2. The molecule has 2 aromatic heterocycles. The number of nitrogens with zero attached hydrogens (tertiary/aromatic N) is 4. The molecule has 0 bridgehead atoms. The maximum absolute atomic E-state index is 4.59. The molecule has 0 radical (unpaired) electrons. The van der Waals surface area contributed by atoms with Crippen molar-refractivity contribution in [1.82, 2.24) is 19.9 Å². The number of hydrogen-bond acceptors (Lipinski definition) is 4. The fourth-order valence-corrected chi connectivity index (χ4v) is 2.64. The first-order valence-corrected chi connectivity index (χ1v) is 7.14. The Morgan fingerprint density at radius 1 is 1.32 bits per heavy atom. The molecule has 0 spiro atoms. The summed E-state index contributed by atoms with van der Waals surface area (Å²) in [4.78, 5) is 6.89. The summed E-state index contributed by atoms with van der Waals surface area (Å²) in [5.41, 5.74) is 0.923. The van der Waals surface area contributed by atoms with Gasteiger partial charge in [-0.15, -0.1) is 5.10 Å². The second kappa shape index (κ2) is 5.57. The number of hydrogen-bond donors (Lipinski definition) is 1. The summed E-state index contributed by atoms with van der Waals surface area (Å²) in [5.74, 6) is 1.67. The number of pyridine rings is 1. The van der Waals surface area contributed by atoms with Gasteiger partial charge in [-0.2, -0.15) is 4.98 Å². The van der Waals surface area contributed by atoms with Crippen molar-refractivity contribution in [3.05, 3.63) is 24.4 Å². The van der Waals surface area contributed by atoms with Crippen LogP contribution in [-0.2, 0) is 0 Å². The maximum atomic E-state index is 4.59. The lowest BCUT2D eigenvalue weighted by Gasteiger charge is -2.31. The molecule has 0 saturated carbocycles. The molecular formula is C14H21N5. The van der Waals surface area contributed by atoms with Crippen LogP contribution < -0.4 is 10.2 Å². The first-order chi connectivity index (χ1) is 9.36. The van der Waals surface area contributed by atoms with Gasteiger partial charge in [0.05, 0.1) is 0 Å². The average Bonchev–Trinajstić information content (AvgIpc) is 2.89. The highest BCUT2D eigenvalue weighted by Crippen LogP contribution is 2.20. The molecule has 2 aromatic rings. The minimum Gasteiger partial charge on any atom is -0.339 e. The van der Waals surface area contributed by atoms with E-state index in [2.05, 4.69) is 27.2 Å². The van der Waals surface area contributed by atoms with Crippen LogP contribution in [0.25, 0.3) is 5.65 Å². The molecule has 1 aliphatic heterocycles. The van der Waals surface area contributed by atoms with Gasteiger partial charge < -0.3 is 10.2 Å². The predicted octanol–water partition coefficient (Wildman–Crippen LogP) is 1.56.